The van der Waals surface area contributed by atoms with E-state index in [1.165, 1.54) is 0 Å². The minimum Gasteiger partial charge on any atom is -0.497 e. The third-order valence-electron chi connectivity index (χ3n) is 4.14. The van der Waals surface area contributed by atoms with Gasteiger partial charge in [-0.3, -0.25) is 9.59 Å². The molecule has 3 rings (SSSR count). The van der Waals surface area contributed by atoms with Gasteiger partial charge in [0.05, 0.1) is 25.8 Å². The number of benzene rings is 1. The fourth-order valence-corrected chi connectivity index (χ4v) is 2.77. The van der Waals surface area contributed by atoms with Crippen LogP contribution in [0.1, 0.15) is 17.7 Å². The largest absolute Gasteiger partial charge is 0.497 e. The summed E-state index contributed by atoms with van der Waals surface area (Å²) in [6, 6.07) is 11.1. The van der Waals surface area contributed by atoms with E-state index in [1.807, 2.05) is 30.3 Å². The summed E-state index contributed by atoms with van der Waals surface area (Å²) >= 11 is 0. The van der Waals surface area contributed by atoms with E-state index >= 15 is 0 Å². The van der Waals surface area contributed by atoms with Crippen molar-refractivity contribution in [3.63, 3.8) is 0 Å². The molecular weight excluding hydrogens is 308 g/mol. The minimum absolute atomic E-state index is 0.0176. The van der Waals surface area contributed by atoms with Crippen molar-refractivity contribution in [1.82, 2.24) is 10.2 Å². The second-order valence-corrected chi connectivity index (χ2v) is 5.82. The molecule has 0 saturated carbocycles. The third kappa shape index (κ3) is 3.76. The number of rotatable bonds is 6. The number of amides is 2. The predicted molar refractivity (Wildman–Crippen MR) is 87.1 cm³/mol. The molecule has 1 aromatic heterocycles. The summed E-state index contributed by atoms with van der Waals surface area (Å²) in [6.45, 7) is 1.27. The van der Waals surface area contributed by atoms with Crippen LogP contribution in [0.15, 0.2) is 47.1 Å². The van der Waals surface area contributed by atoms with Gasteiger partial charge in [0, 0.05) is 19.5 Å². The number of ether oxygens (including phenoxy) is 1. The molecule has 6 nitrogen and oxygen atoms in total. The lowest BCUT2D eigenvalue weighted by molar-refractivity contribution is -0.129. The number of furan rings is 1. The normalized spacial score (nSPS) is 17.1. The Morgan fingerprint density at radius 1 is 1.33 bits per heavy atom. The molecular formula is C18H20N2O4. The van der Waals surface area contributed by atoms with Gasteiger partial charge in [0.2, 0.25) is 11.8 Å². The van der Waals surface area contributed by atoms with Crippen LogP contribution in [0.4, 0.5) is 0 Å². The van der Waals surface area contributed by atoms with Gasteiger partial charge in [-0.05, 0) is 29.8 Å². The highest BCUT2D eigenvalue weighted by Crippen LogP contribution is 2.21. The molecule has 6 heteroatoms. The molecule has 1 aliphatic heterocycles. The van der Waals surface area contributed by atoms with Gasteiger partial charge >= 0.3 is 0 Å². The first-order chi connectivity index (χ1) is 11.7. The van der Waals surface area contributed by atoms with Gasteiger partial charge < -0.3 is 19.4 Å². The lowest BCUT2D eigenvalue weighted by Gasteiger charge is -2.15. The zero-order chi connectivity index (χ0) is 16.9. The van der Waals surface area contributed by atoms with Crippen molar-refractivity contribution < 1.29 is 18.7 Å². The van der Waals surface area contributed by atoms with Gasteiger partial charge in [0.1, 0.15) is 11.5 Å². The van der Waals surface area contributed by atoms with E-state index in [2.05, 4.69) is 5.32 Å². The maximum atomic E-state index is 12.3. The topological polar surface area (TPSA) is 71.8 Å². The van der Waals surface area contributed by atoms with Gasteiger partial charge in [-0.1, -0.05) is 12.1 Å². The van der Waals surface area contributed by atoms with Crippen molar-refractivity contribution in [2.75, 3.05) is 13.7 Å². The molecule has 1 aliphatic rings. The molecule has 1 atom stereocenters. The number of hydrogen-bond acceptors (Lipinski definition) is 4. The number of methoxy groups -OCH3 is 1. The summed E-state index contributed by atoms with van der Waals surface area (Å²) in [6.07, 6.45) is 1.82. The highest BCUT2D eigenvalue weighted by Gasteiger charge is 2.34. The lowest BCUT2D eigenvalue weighted by atomic mass is 10.1. The fourth-order valence-electron chi connectivity index (χ4n) is 2.77. The number of carbonyl (C=O) groups excluding carboxylic acids is 2. The Morgan fingerprint density at radius 2 is 2.12 bits per heavy atom. The molecule has 0 bridgehead atoms. The van der Waals surface area contributed by atoms with Gasteiger partial charge in [-0.25, -0.2) is 0 Å². The number of nitrogens with zero attached hydrogens (tertiary/aromatic N) is 1. The Balaban J connectivity index is 1.51. The second-order valence-electron chi connectivity index (χ2n) is 5.82. The Kier molecular flexibility index (Phi) is 4.84. The first-order valence-electron chi connectivity index (χ1n) is 7.86. The summed E-state index contributed by atoms with van der Waals surface area (Å²) < 4.78 is 10.4. The number of nitrogens with one attached hydrogen (secondary N) is 1. The summed E-state index contributed by atoms with van der Waals surface area (Å²) in [5.41, 5.74) is 0.987. The SMILES string of the molecule is COc1ccc(CNC(=O)C2CC(=O)N(Cc3ccco3)C2)cc1. The minimum atomic E-state index is -0.314. The molecule has 0 radical (unpaired) electrons. The Labute approximate surface area is 140 Å². The highest BCUT2D eigenvalue weighted by atomic mass is 16.5. The van der Waals surface area contributed by atoms with Crippen molar-refractivity contribution in [2.45, 2.75) is 19.5 Å². The smallest absolute Gasteiger partial charge is 0.225 e. The first kappa shape index (κ1) is 16.1. The van der Waals surface area contributed by atoms with E-state index in [1.54, 1.807) is 24.3 Å². The molecule has 2 aromatic rings. The van der Waals surface area contributed by atoms with Gasteiger partial charge in [-0.2, -0.15) is 0 Å². The summed E-state index contributed by atoms with van der Waals surface area (Å²) in [5, 5.41) is 2.90. The van der Waals surface area contributed by atoms with E-state index in [0.29, 0.717) is 19.6 Å². The van der Waals surface area contributed by atoms with E-state index in [-0.39, 0.29) is 24.2 Å². The quantitative estimate of drug-likeness (QED) is 0.880. The van der Waals surface area contributed by atoms with Crippen molar-refractivity contribution in [2.24, 2.45) is 5.92 Å². The van der Waals surface area contributed by atoms with Crippen LogP contribution in [0.3, 0.4) is 0 Å². The van der Waals surface area contributed by atoms with Crippen LogP contribution in [0.5, 0.6) is 5.75 Å². The predicted octanol–water partition coefficient (Wildman–Crippen LogP) is 1.95. The van der Waals surface area contributed by atoms with E-state index in [0.717, 1.165) is 17.1 Å². The van der Waals surface area contributed by atoms with Crippen molar-refractivity contribution >= 4 is 11.8 Å². The molecule has 2 amide bonds. The van der Waals surface area contributed by atoms with Gasteiger partial charge in [0.15, 0.2) is 0 Å². The van der Waals surface area contributed by atoms with E-state index < -0.39 is 0 Å². The zero-order valence-electron chi connectivity index (χ0n) is 13.5. The molecule has 0 spiro atoms. The second kappa shape index (κ2) is 7.21. The Morgan fingerprint density at radius 3 is 2.79 bits per heavy atom. The van der Waals surface area contributed by atoms with Crippen molar-refractivity contribution in [3.05, 3.63) is 54.0 Å². The van der Waals surface area contributed by atoms with Crippen LogP contribution < -0.4 is 10.1 Å². The molecule has 1 aromatic carbocycles. The highest BCUT2D eigenvalue weighted by molar-refractivity contribution is 5.89. The van der Waals surface area contributed by atoms with E-state index in [4.69, 9.17) is 9.15 Å². The van der Waals surface area contributed by atoms with Crippen LogP contribution in [-0.2, 0) is 22.7 Å². The molecule has 1 unspecified atom stereocenters. The van der Waals surface area contributed by atoms with Crippen LogP contribution in [0.25, 0.3) is 0 Å². The number of hydrogen-bond donors (Lipinski definition) is 1. The molecule has 1 N–H and O–H groups in total. The maximum Gasteiger partial charge on any atom is 0.225 e. The monoisotopic (exact) mass is 328 g/mol. The molecule has 126 valence electrons. The fraction of sp³-hybridized carbons (Fsp3) is 0.333. The summed E-state index contributed by atoms with van der Waals surface area (Å²) in [4.78, 5) is 26.0. The average Bonchev–Trinajstić information content (AvgIpc) is 3.24. The van der Waals surface area contributed by atoms with Gasteiger partial charge in [0.25, 0.3) is 0 Å². The Bertz CT molecular complexity index is 694. The number of likely N-dealkylation sites (tertiary alicyclic amines) is 1. The standard InChI is InChI=1S/C18H20N2O4/c1-23-15-6-4-13(5-7-15)10-19-18(22)14-9-17(21)20(11-14)12-16-3-2-8-24-16/h2-8,14H,9-12H2,1H3,(H,19,22). The molecule has 1 fully saturated rings. The van der Waals surface area contributed by atoms with Crippen molar-refractivity contribution in [3.8, 4) is 5.75 Å². The maximum absolute atomic E-state index is 12.3. The van der Waals surface area contributed by atoms with Crippen molar-refractivity contribution in [1.29, 1.82) is 0 Å². The lowest BCUT2D eigenvalue weighted by Crippen LogP contribution is -2.32. The molecule has 24 heavy (non-hydrogen) atoms. The third-order valence-corrected chi connectivity index (χ3v) is 4.14. The van der Waals surface area contributed by atoms with Crippen LogP contribution in [0.2, 0.25) is 0 Å². The Hall–Kier alpha value is -2.76. The molecule has 1 saturated heterocycles. The summed E-state index contributed by atoms with van der Waals surface area (Å²) in [5.74, 6) is 1.07. The number of carbonyl (C=O) groups is 2. The van der Waals surface area contributed by atoms with Crippen LogP contribution in [0, 0.1) is 5.92 Å². The average molecular weight is 328 g/mol. The zero-order valence-corrected chi connectivity index (χ0v) is 13.5. The summed E-state index contributed by atoms with van der Waals surface area (Å²) in [7, 11) is 1.61. The van der Waals surface area contributed by atoms with E-state index in [9.17, 15) is 9.59 Å². The van der Waals surface area contributed by atoms with Crippen LogP contribution in [-0.4, -0.2) is 30.4 Å². The molecule has 2 heterocycles. The van der Waals surface area contributed by atoms with Crippen LogP contribution >= 0.6 is 0 Å². The molecule has 0 aliphatic carbocycles. The van der Waals surface area contributed by atoms with Gasteiger partial charge in [-0.15, -0.1) is 0 Å². The first-order valence-corrected chi connectivity index (χ1v) is 7.86.